The van der Waals surface area contributed by atoms with Gasteiger partial charge in [-0.1, -0.05) is 26.0 Å². The van der Waals surface area contributed by atoms with Gasteiger partial charge < -0.3 is 19.3 Å². The van der Waals surface area contributed by atoms with Crippen LogP contribution in [0.5, 0.6) is 5.75 Å². The maximum Gasteiger partial charge on any atom is 0.263 e. The highest BCUT2D eigenvalue weighted by atomic mass is 16.5. The standard InChI is InChI=1S/C22H34N2O4/c1-16(2)18-8-6-10-20(14-18)28-17(3)21(25)24-11-7-9-19(15-24)22(26)23(4)12-13-27-5/h6,8,10,14,16-17,19H,7,9,11-13,15H2,1-5H3. The van der Waals surface area contributed by atoms with Gasteiger partial charge in [-0.05, 0) is 43.4 Å². The molecule has 2 rings (SSSR count). The zero-order valence-corrected chi connectivity index (χ0v) is 17.8. The molecule has 6 heteroatoms. The average Bonchev–Trinajstić information content (AvgIpc) is 2.71. The molecule has 1 aromatic rings. The van der Waals surface area contributed by atoms with Gasteiger partial charge in [-0.2, -0.15) is 0 Å². The van der Waals surface area contributed by atoms with Crippen LogP contribution in [-0.2, 0) is 14.3 Å². The Balaban J connectivity index is 1.95. The molecule has 0 aliphatic carbocycles. The van der Waals surface area contributed by atoms with Crippen molar-refractivity contribution in [2.45, 2.75) is 45.6 Å². The second kappa shape index (κ2) is 10.5. The number of carbonyl (C=O) groups excluding carboxylic acids is 2. The number of piperidine rings is 1. The highest BCUT2D eigenvalue weighted by molar-refractivity contribution is 5.83. The van der Waals surface area contributed by atoms with Crippen LogP contribution in [0.4, 0.5) is 0 Å². The van der Waals surface area contributed by atoms with E-state index in [2.05, 4.69) is 19.9 Å². The minimum absolute atomic E-state index is 0.0630. The van der Waals surface area contributed by atoms with Crippen molar-refractivity contribution in [1.82, 2.24) is 9.80 Å². The molecule has 0 N–H and O–H groups in total. The van der Waals surface area contributed by atoms with Gasteiger partial charge in [0.25, 0.3) is 5.91 Å². The summed E-state index contributed by atoms with van der Waals surface area (Å²) in [5.74, 6) is 0.963. The first-order valence-electron chi connectivity index (χ1n) is 10.1. The first kappa shape index (κ1) is 22.2. The molecule has 0 radical (unpaired) electrons. The highest BCUT2D eigenvalue weighted by Crippen LogP contribution is 2.23. The molecule has 1 fully saturated rings. The molecule has 0 spiro atoms. The summed E-state index contributed by atoms with van der Waals surface area (Å²) in [6.07, 6.45) is 1.06. The fraction of sp³-hybridized carbons (Fsp3) is 0.636. The molecule has 1 heterocycles. The Kier molecular flexibility index (Phi) is 8.30. The summed E-state index contributed by atoms with van der Waals surface area (Å²) in [7, 11) is 3.41. The van der Waals surface area contributed by atoms with E-state index in [0.29, 0.717) is 37.9 Å². The van der Waals surface area contributed by atoms with Crippen LogP contribution in [0.2, 0.25) is 0 Å². The van der Waals surface area contributed by atoms with Crippen molar-refractivity contribution in [2.75, 3.05) is 40.4 Å². The molecule has 0 bridgehead atoms. The second-order valence-corrected chi connectivity index (χ2v) is 7.86. The van der Waals surface area contributed by atoms with E-state index in [0.717, 1.165) is 12.8 Å². The van der Waals surface area contributed by atoms with E-state index in [4.69, 9.17) is 9.47 Å². The molecule has 2 unspecified atom stereocenters. The van der Waals surface area contributed by atoms with Crippen LogP contribution < -0.4 is 4.74 Å². The average molecular weight is 391 g/mol. The lowest BCUT2D eigenvalue weighted by Gasteiger charge is -2.35. The van der Waals surface area contributed by atoms with E-state index in [1.54, 1.807) is 30.9 Å². The number of amides is 2. The van der Waals surface area contributed by atoms with Crippen molar-refractivity contribution in [3.05, 3.63) is 29.8 Å². The van der Waals surface area contributed by atoms with Crippen molar-refractivity contribution in [3.8, 4) is 5.75 Å². The van der Waals surface area contributed by atoms with E-state index < -0.39 is 6.10 Å². The van der Waals surface area contributed by atoms with Crippen molar-refractivity contribution >= 4 is 11.8 Å². The van der Waals surface area contributed by atoms with Crippen LogP contribution in [0.3, 0.4) is 0 Å². The van der Waals surface area contributed by atoms with Gasteiger partial charge in [-0.25, -0.2) is 0 Å². The number of hydrogen-bond donors (Lipinski definition) is 0. The molecule has 2 amide bonds. The van der Waals surface area contributed by atoms with Gasteiger partial charge in [-0.3, -0.25) is 9.59 Å². The number of hydrogen-bond acceptors (Lipinski definition) is 4. The number of carbonyl (C=O) groups is 2. The van der Waals surface area contributed by atoms with E-state index in [1.807, 2.05) is 18.2 Å². The lowest BCUT2D eigenvalue weighted by atomic mass is 9.96. The number of likely N-dealkylation sites (N-methyl/N-ethyl adjacent to an activating group) is 1. The summed E-state index contributed by atoms with van der Waals surface area (Å²) < 4.78 is 11.0. The normalized spacial score (nSPS) is 18.1. The Morgan fingerprint density at radius 2 is 2.04 bits per heavy atom. The third kappa shape index (κ3) is 5.96. The zero-order chi connectivity index (χ0) is 20.7. The molecule has 1 aromatic carbocycles. The maximum atomic E-state index is 12.9. The molecular weight excluding hydrogens is 356 g/mol. The Hall–Kier alpha value is -2.08. The van der Waals surface area contributed by atoms with Crippen LogP contribution >= 0.6 is 0 Å². The van der Waals surface area contributed by atoms with Gasteiger partial charge in [0.2, 0.25) is 5.91 Å². The third-order valence-electron chi connectivity index (χ3n) is 5.27. The van der Waals surface area contributed by atoms with Gasteiger partial charge in [-0.15, -0.1) is 0 Å². The van der Waals surface area contributed by atoms with Crippen LogP contribution in [0.1, 0.15) is 45.1 Å². The number of methoxy groups -OCH3 is 1. The summed E-state index contributed by atoms with van der Waals surface area (Å²) in [5, 5.41) is 0. The lowest BCUT2D eigenvalue weighted by Crippen LogP contribution is -2.49. The van der Waals surface area contributed by atoms with Crippen LogP contribution in [0, 0.1) is 5.92 Å². The van der Waals surface area contributed by atoms with Gasteiger partial charge in [0.15, 0.2) is 6.10 Å². The van der Waals surface area contributed by atoms with Crippen LogP contribution in [-0.4, -0.2) is 68.1 Å². The smallest absolute Gasteiger partial charge is 0.263 e. The zero-order valence-electron chi connectivity index (χ0n) is 17.8. The monoisotopic (exact) mass is 390 g/mol. The Morgan fingerprint density at radius 1 is 1.29 bits per heavy atom. The van der Waals surface area contributed by atoms with E-state index in [9.17, 15) is 9.59 Å². The fourth-order valence-corrected chi connectivity index (χ4v) is 3.49. The summed E-state index contributed by atoms with van der Waals surface area (Å²) >= 11 is 0. The number of likely N-dealkylation sites (tertiary alicyclic amines) is 1. The van der Waals surface area contributed by atoms with Crippen LogP contribution in [0.15, 0.2) is 24.3 Å². The largest absolute Gasteiger partial charge is 0.481 e. The first-order chi connectivity index (χ1) is 13.3. The lowest BCUT2D eigenvalue weighted by molar-refractivity contribution is -0.144. The first-order valence-corrected chi connectivity index (χ1v) is 10.1. The molecule has 0 saturated carbocycles. The predicted octanol–water partition coefficient (Wildman–Crippen LogP) is 2.92. The Bertz CT molecular complexity index is 662. The number of rotatable bonds is 8. The van der Waals surface area contributed by atoms with Crippen molar-refractivity contribution in [2.24, 2.45) is 5.92 Å². The molecule has 28 heavy (non-hydrogen) atoms. The third-order valence-corrected chi connectivity index (χ3v) is 5.27. The molecule has 1 aliphatic heterocycles. The van der Waals surface area contributed by atoms with Crippen molar-refractivity contribution in [1.29, 1.82) is 0 Å². The molecule has 2 atom stereocenters. The SMILES string of the molecule is COCCN(C)C(=O)C1CCCN(C(=O)C(C)Oc2cccc(C(C)C)c2)C1. The molecule has 1 aliphatic rings. The molecule has 1 saturated heterocycles. The number of ether oxygens (including phenoxy) is 2. The highest BCUT2D eigenvalue weighted by Gasteiger charge is 2.32. The van der Waals surface area contributed by atoms with Gasteiger partial charge >= 0.3 is 0 Å². The number of benzene rings is 1. The fourth-order valence-electron chi connectivity index (χ4n) is 3.49. The minimum Gasteiger partial charge on any atom is -0.481 e. The van der Waals surface area contributed by atoms with Crippen molar-refractivity contribution in [3.63, 3.8) is 0 Å². The topological polar surface area (TPSA) is 59.1 Å². The minimum atomic E-state index is -0.581. The Morgan fingerprint density at radius 3 is 2.71 bits per heavy atom. The predicted molar refractivity (Wildman–Crippen MR) is 109 cm³/mol. The van der Waals surface area contributed by atoms with Crippen LogP contribution in [0.25, 0.3) is 0 Å². The summed E-state index contributed by atoms with van der Waals surface area (Å²) in [6.45, 7) is 8.23. The number of nitrogens with zero attached hydrogens (tertiary/aromatic N) is 2. The van der Waals surface area contributed by atoms with Gasteiger partial charge in [0, 0.05) is 33.8 Å². The quantitative estimate of drug-likeness (QED) is 0.685. The van der Waals surface area contributed by atoms with Crippen molar-refractivity contribution < 1.29 is 19.1 Å². The summed E-state index contributed by atoms with van der Waals surface area (Å²) in [5.41, 5.74) is 1.18. The van der Waals surface area contributed by atoms with Gasteiger partial charge in [0.05, 0.1) is 12.5 Å². The Labute approximate surface area is 168 Å². The molecule has 156 valence electrons. The molecular formula is C22H34N2O4. The van der Waals surface area contributed by atoms with Gasteiger partial charge in [0.1, 0.15) is 5.75 Å². The van der Waals surface area contributed by atoms with E-state index >= 15 is 0 Å². The van der Waals surface area contributed by atoms with E-state index in [-0.39, 0.29) is 17.7 Å². The summed E-state index contributed by atoms with van der Waals surface area (Å²) in [6, 6.07) is 7.88. The molecule has 6 nitrogen and oxygen atoms in total. The summed E-state index contributed by atoms with van der Waals surface area (Å²) in [4.78, 5) is 29.0. The second-order valence-electron chi connectivity index (χ2n) is 7.86. The maximum absolute atomic E-state index is 12.9. The van der Waals surface area contributed by atoms with E-state index in [1.165, 1.54) is 5.56 Å². The molecule has 0 aromatic heterocycles.